The Hall–Kier alpha value is -1.56. The molecule has 6 heteroatoms. The van der Waals surface area contributed by atoms with Crippen molar-refractivity contribution in [2.45, 2.75) is 27.2 Å². The van der Waals surface area contributed by atoms with E-state index in [1.807, 2.05) is 19.1 Å². The van der Waals surface area contributed by atoms with Gasteiger partial charge >= 0.3 is 0 Å². The molecule has 136 valence electrons. The summed E-state index contributed by atoms with van der Waals surface area (Å²) in [4.78, 5) is 17.2. The van der Waals surface area contributed by atoms with Gasteiger partial charge in [0.1, 0.15) is 4.32 Å². The van der Waals surface area contributed by atoms with Gasteiger partial charge < -0.3 is 4.90 Å². The van der Waals surface area contributed by atoms with Crippen LogP contribution in [0.5, 0.6) is 0 Å². The summed E-state index contributed by atoms with van der Waals surface area (Å²) >= 11 is 12.7. The quantitative estimate of drug-likeness (QED) is 0.512. The standard InChI is InChI=1S/C20H21ClN2OS2/c1-4-22-19(24)18(26-20(22)25)16-11-13(2)23(14(3)12-16)10-9-15-5-7-17(21)8-6-15/h5-8,11-12H,4,9-10H2,1-3H3. The van der Waals surface area contributed by atoms with Gasteiger partial charge in [0.15, 0.2) is 0 Å². The normalized spacial score (nSPS) is 17.8. The number of halogens is 1. The van der Waals surface area contributed by atoms with E-state index in [4.69, 9.17) is 23.8 Å². The number of allylic oxidation sites excluding steroid dienone is 5. The molecule has 0 unspecified atom stereocenters. The Morgan fingerprint density at radius 3 is 2.23 bits per heavy atom. The van der Waals surface area contributed by atoms with Crippen LogP contribution in [-0.4, -0.2) is 33.1 Å². The van der Waals surface area contributed by atoms with Gasteiger partial charge in [0, 0.05) is 29.5 Å². The molecule has 0 bridgehead atoms. The maximum Gasteiger partial charge on any atom is 0.266 e. The molecule has 1 amide bonds. The third kappa shape index (κ3) is 3.90. The number of hydrogen-bond donors (Lipinski definition) is 0. The number of amides is 1. The van der Waals surface area contributed by atoms with Crippen molar-refractivity contribution >= 4 is 45.8 Å². The number of benzene rings is 1. The Kier molecular flexibility index (Phi) is 5.90. The van der Waals surface area contributed by atoms with E-state index in [1.54, 1.807) is 4.90 Å². The number of rotatable bonds is 4. The van der Waals surface area contributed by atoms with Crippen LogP contribution >= 0.6 is 35.6 Å². The molecule has 1 aromatic rings. The molecule has 1 saturated heterocycles. The third-order valence-electron chi connectivity index (χ3n) is 4.55. The van der Waals surface area contributed by atoms with Gasteiger partial charge in [0.2, 0.25) is 0 Å². The summed E-state index contributed by atoms with van der Waals surface area (Å²) in [6, 6.07) is 7.97. The SMILES string of the molecule is CCN1C(=O)C(=C2C=C(C)N(CCc3ccc(Cl)cc3)C(C)=C2)SC1=S. The molecule has 3 rings (SSSR count). The highest BCUT2D eigenvalue weighted by Gasteiger charge is 2.33. The van der Waals surface area contributed by atoms with Crippen LogP contribution in [0.1, 0.15) is 26.3 Å². The average molecular weight is 405 g/mol. The lowest BCUT2D eigenvalue weighted by atomic mass is 10.1. The van der Waals surface area contributed by atoms with Crippen molar-refractivity contribution in [3.05, 3.63) is 68.9 Å². The Labute approximate surface area is 169 Å². The second-order valence-electron chi connectivity index (χ2n) is 6.30. The first-order valence-electron chi connectivity index (χ1n) is 8.57. The van der Waals surface area contributed by atoms with Gasteiger partial charge in [-0.2, -0.15) is 0 Å². The number of carbonyl (C=O) groups is 1. The van der Waals surface area contributed by atoms with Gasteiger partial charge in [0.05, 0.1) is 4.91 Å². The molecule has 2 aliphatic rings. The van der Waals surface area contributed by atoms with Gasteiger partial charge in [0.25, 0.3) is 5.91 Å². The predicted molar refractivity (Wildman–Crippen MR) is 114 cm³/mol. The van der Waals surface area contributed by atoms with E-state index in [-0.39, 0.29) is 5.91 Å². The van der Waals surface area contributed by atoms with Gasteiger partial charge in [-0.15, -0.1) is 0 Å². The molecule has 2 aliphatic heterocycles. The van der Waals surface area contributed by atoms with Crippen LogP contribution in [0, 0.1) is 0 Å². The topological polar surface area (TPSA) is 23.6 Å². The van der Waals surface area contributed by atoms with E-state index in [1.165, 1.54) is 17.3 Å². The molecular weight excluding hydrogens is 384 g/mol. The molecule has 1 aromatic carbocycles. The summed E-state index contributed by atoms with van der Waals surface area (Å²) in [5.41, 5.74) is 4.48. The Morgan fingerprint density at radius 2 is 1.69 bits per heavy atom. The molecule has 0 aromatic heterocycles. The Balaban J connectivity index is 1.78. The monoisotopic (exact) mass is 404 g/mol. The minimum absolute atomic E-state index is 0.0141. The fourth-order valence-electron chi connectivity index (χ4n) is 3.15. The van der Waals surface area contributed by atoms with Crippen LogP contribution in [0.4, 0.5) is 0 Å². The summed E-state index contributed by atoms with van der Waals surface area (Å²) in [7, 11) is 0. The van der Waals surface area contributed by atoms with Crippen LogP contribution in [0.15, 0.2) is 58.3 Å². The molecule has 0 spiro atoms. The number of likely N-dealkylation sites (N-methyl/N-ethyl adjacent to an activating group) is 1. The molecule has 1 fully saturated rings. The second-order valence-corrected chi connectivity index (χ2v) is 8.38. The molecule has 0 atom stereocenters. The molecule has 2 heterocycles. The summed E-state index contributed by atoms with van der Waals surface area (Å²) in [6.45, 7) is 7.60. The number of thioether (sulfide) groups is 1. The highest BCUT2D eigenvalue weighted by molar-refractivity contribution is 8.26. The van der Waals surface area contributed by atoms with E-state index < -0.39 is 0 Å². The van der Waals surface area contributed by atoms with Crippen LogP contribution in [0.2, 0.25) is 5.02 Å². The third-order valence-corrected chi connectivity index (χ3v) is 6.28. The van der Waals surface area contributed by atoms with E-state index in [9.17, 15) is 4.79 Å². The maximum atomic E-state index is 12.6. The summed E-state index contributed by atoms with van der Waals surface area (Å²) < 4.78 is 0.641. The molecule has 26 heavy (non-hydrogen) atoms. The van der Waals surface area contributed by atoms with E-state index in [0.29, 0.717) is 10.9 Å². The fourth-order valence-corrected chi connectivity index (χ4v) is 4.67. The Bertz CT molecular complexity index is 818. The molecule has 3 nitrogen and oxygen atoms in total. The van der Waals surface area contributed by atoms with Crippen molar-refractivity contribution < 1.29 is 4.79 Å². The van der Waals surface area contributed by atoms with Crippen LogP contribution < -0.4 is 0 Å². The van der Waals surface area contributed by atoms with Crippen molar-refractivity contribution in [1.82, 2.24) is 9.80 Å². The van der Waals surface area contributed by atoms with Crippen LogP contribution in [0.25, 0.3) is 0 Å². The van der Waals surface area contributed by atoms with Crippen LogP contribution in [0.3, 0.4) is 0 Å². The molecule has 0 N–H and O–H groups in total. The minimum atomic E-state index is 0.0141. The molecule has 0 radical (unpaired) electrons. The van der Waals surface area contributed by atoms with Crippen molar-refractivity contribution in [2.24, 2.45) is 0 Å². The lowest BCUT2D eigenvalue weighted by Crippen LogP contribution is -2.28. The fraction of sp³-hybridized carbons (Fsp3) is 0.300. The lowest BCUT2D eigenvalue weighted by molar-refractivity contribution is -0.122. The van der Waals surface area contributed by atoms with E-state index in [2.05, 4.69) is 43.0 Å². The zero-order valence-corrected chi connectivity index (χ0v) is 17.5. The highest BCUT2D eigenvalue weighted by atomic mass is 35.5. The Morgan fingerprint density at radius 1 is 1.08 bits per heavy atom. The van der Waals surface area contributed by atoms with Crippen molar-refractivity contribution in [3.8, 4) is 0 Å². The van der Waals surface area contributed by atoms with Crippen molar-refractivity contribution in [3.63, 3.8) is 0 Å². The summed E-state index contributed by atoms with van der Waals surface area (Å²) in [5.74, 6) is 0.0141. The number of thiocarbonyl (C=S) groups is 1. The van der Waals surface area contributed by atoms with E-state index in [0.717, 1.165) is 39.9 Å². The van der Waals surface area contributed by atoms with Gasteiger partial charge in [-0.25, -0.2) is 0 Å². The molecular formula is C20H21ClN2OS2. The first-order valence-corrected chi connectivity index (χ1v) is 10.2. The van der Waals surface area contributed by atoms with Crippen LogP contribution in [-0.2, 0) is 11.2 Å². The first-order chi connectivity index (χ1) is 12.4. The van der Waals surface area contributed by atoms with Gasteiger partial charge in [-0.1, -0.05) is 47.7 Å². The number of hydrogen-bond acceptors (Lipinski definition) is 4. The van der Waals surface area contributed by atoms with Gasteiger partial charge in [-0.3, -0.25) is 9.69 Å². The highest BCUT2D eigenvalue weighted by Crippen LogP contribution is 2.36. The number of nitrogens with zero attached hydrogens (tertiary/aromatic N) is 2. The zero-order chi connectivity index (χ0) is 18.8. The summed E-state index contributed by atoms with van der Waals surface area (Å²) in [6.07, 6.45) is 5.09. The molecule has 0 aliphatic carbocycles. The zero-order valence-electron chi connectivity index (χ0n) is 15.1. The second kappa shape index (κ2) is 7.99. The largest absolute Gasteiger partial charge is 0.349 e. The average Bonchev–Trinajstić information content (AvgIpc) is 2.89. The smallest absolute Gasteiger partial charge is 0.266 e. The van der Waals surface area contributed by atoms with Gasteiger partial charge in [-0.05, 0) is 62.6 Å². The minimum Gasteiger partial charge on any atom is -0.349 e. The summed E-state index contributed by atoms with van der Waals surface area (Å²) in [5, 5.41) is 0.757. The number of carbonyl (C=O) groups excluding carboxylic acids is 1. The lowest BCUT2D eigenvalue weighted by Gasteiger charge is -2.30. The van der Waals surface area contributed by atoms with Crippen molar-refractivity contribution in [2.75, 3.05) is 13.1 Å². The molecule has 0 saturated carbocycles. The van der Waals surface area contributed by atoms with E-state index >= 15 is 0 Å². The first kappa shape index (κ1) is 19.2. The predicted octanol–water partition coefficient (Wildman–Crippen LogP) is 5.14. The maximum absolute atomic E-state index is 12.6. The van der Waals surface area contributed by atoms with Crippen molar-refractivity contribution in [1.29, 1.82) is 0 Å².